The van der Waals surface area contributed by atoms with Crippen molar-refractivity contribution in [3.8, 4) is 0 Å². The largest absolute Gasteiger partial charge is 0.325 e. The van der Waals surface area contributed by atoms with Gasteiger partial charge in [-0.3, -0.25) is 4.79 Å². The number of rotatable bonds is 4. The second kappa shape index (κ2) is 6.78. The van der Waals surface area contributed by atoms with Crippen LogP contribution in [0.2, 0.25) is 0 Å². The number of nitrogens with one attached hydrogen (secondary N) is 1. The lowest BCUT2D eigenvalue weighted by Gasteiger charge is -2.09. The zero-order chi connectivity index (χ0) is 15.4. The SMILES string of the molecule is Cc1cc(C)cc(Sc2ccc(NC(=O)C(C)N)cc2)c1. The summed E-state index contributed by atoms with van der Waals surface area (Å²) in [6.45, 7) is 5.87. The molecule has 2 aromatic carbocycles. The minimum absolute atomic E-state index is 0.176. The van der Waals surface area contributed by atoms with Crippen molar-refractivity contribution in [3.05, 3.63) is 53.6 Å². The summed E-state index contributed by atoms with van der Waals surface area (Å²) in [7, 11) is 0. The van der Waals surface area contributed by atoms with Crippen molar-refractivity contribution >= 4 is 23.4 Å². The van der Waals surface area contributed by atoms with Crippen LogP contribution in [0, 0.1) is 13.8 Å². The highest BCUT2D eigenvalue weighted by molar-refractivity contribution is 7.99. The van der Waals surface area contributed by atoms with Crippen LogP contribution in [0.5, 0.6) is 0 Å². The smallest absolute Gasteiger partial charge is 0.240 e. The number of carbonyl (C=O) groups excluding carboxylic acids is 1. The second-order valence-corrected chi connectivity index (χ2v) is 6.37. The van der Waals surface area contributed by atoms with E-state index < -0.39 is 6.04 Å². The Morgan fingerprint density at radius 2 is 1.62 bits per heavy atom. The molecule has 3 nitrogen and oxygen atoms in total. The first-order valence-corrected chi connectivity index (χ1v) is 7.68. The average molecular weight is 300 g/mol. The Bertz CT molecular complexity index is 615. The van der Waals surface area contributed by atoms with E-state index in [1.165, 1.54) is 16.0 Å². The molecular formula is C17H20N2OS. The van der Waals surface area contributed by atoms with Gasteiger partial charge >= 0.3 is 0 Å². The van der Waals surface area contributed by atoms with Gasteiger partial charge in [0.05, 0.1) is 6.04 Å². The van der Waals surface area contributed by atoms with Crippen molar-refractivity contribution in [3.63, 3.8) is 0 Å². The number of nitrogens with two attached hydrogens (primary N) is 1. The van der Waals surface area contributed by atoms with E-state index in [-0.39, 0.29) is 5.91 Å². The summed E-state index contributed by atoms with van der Waals surface area (Å²) in [6.07, 6.45) is 0. The van der Waals surface area contributed by atoms with Crippen molar-refractivity contribution in [1.82, 2.24) is 0 Å². The predicted molar refractivity (Wildman–Crippen MR) is 88.8 cm³/mol. The number of hydrogen-bond donors (Lipinski definition) is 2. The molecule has 2 aromatic rings. The third kappa shape index (κ3) is 4.62. The van der Waals surface area contributed by atoms with E-state index in [2.05, 4.69) is 37.4 Å². The lowest BCUT2D eigenvalue weighted by Crippen LogP contribution is -2.32. The molecule has 0 heterocycles. The van der Waals surface area contributed by atoms with Crippen molar-refractivity contribution in [2.24, 2.45) is 5.73 Å². The van der Waals surface area contributed by atoms with Crippen molar-refractivity contribution in [2.75, 3.05) is 5.32 Å². The minimum atomic E-state index is -0.505. The van der Waals surface area contributed by atoms with Crippen molar-refractivity contribution < 1.29 is 4.79 Å². The molecule has 0 radical (unpaired) electrons. The van der Waals surface area contributed by atoms with E-state index in [0.29, 0.717) is 0 Å². The topological polar surface area (TPSA) is 55.1 Å². The highest BCUT2D eigenvalue weighted by Gasteiger charge is 2.07. The van der Waals surface area contributed by atoms with E-state index in [9.17, 15) is 4.79 Å². The molecule has 0 bridgehead atoms. The van der Waals surface area contributed by atoms with Gasteiger partial charge in [-0.05, 0) is 68.3 Å². The molecule has 0 saturated heterocycles. The van der Waals surface area contributed by atoms with Crippen LogP contribution in [0.25, 0.3) is 0 Å². The molecule has 0 aromatic heterocycles. The summed E-state index contributed by atoms with van der Waals surface area (Å²) in [5.41, 5.74) is 8.82. The molecule has 1 unspecified atom stereocenters. The van der Waals surface area contributed by atoms with Crippen LogP contribution in [0.4, 0.5) is 5.69 Å². The van der Waals surface area contributed by atoms with Crippen LogP contribution in [-0.4, -0.2) is 11.9 Å². The number of amides is 1. The molecule has 4 heteroatoms. The number of carbonyl (C=O) groups is 1. The molecule has 1 amide bonds. The quantitative estimate of drug-likeness (QED) is 0.904. The monoisotopic (exact) mass is 300 g/mol. The van der Waals surface area contributed by atoms with Gasteiger partial charge in [-0.2, -0.15) is 0 Å². The normalized spacial score (nSPS) is 12.0. The molecule has 0 aliphatic carbocycles. The summed E-state index contributed by atoms with van der Waals surface area (Å²) in [6, 6.07) is 13.8. The van der Waals surface area contributed by atoms with Gasteiger partial charge in [-0.25, -0.2) is 0 Å². The second-order valence-electron chi connectivity index (χ2n) is 5.23. The van der Waals surface area contributed by atoms with Gasteiger partial charge in [-0.15, -0.1) is 0 Å². The number of aryl methyl sites for hydroxylation is 2. The molecule has 0 aliphatic rings. The maximum atomic E-state index is 11.5. The van der Waals surface area contributed by atoms with Crippen molar-refractivity contribution in [2.45, 2.75) is 36.6 Å². The zero-order valence-corrected chi connectivity index (χ0v) is 13.3. The lowest BCUT2D eigenvalue weighted by molar-refractivity contribution is -0.117. The fourth-order valence-electron chi connectivity index (χ4n) is 1.99. The summed E-state index contributed by atoms with van der Waals surface area (Å²) >= 11 is 1.71. The van der Waals surface area contributed by atoms with E-state index in [1.807, 2.05) is 24.3 Å². The first-order chi connectivity index (χ1) is 9.94. The Morgan fingerprint density at radius 1 is 1.05 bits per heavy atom. The third-order valence-electron chi connectivity index (χ3n) is 2.97. The van der Waals surface area contributed by atoms with E-state index in [0.717, 1.165) is 10.6 Å². The van der Waals surface area contributed by atoms with Crippen LogP contribution >= 0.6 is 11.8 Å². The van der Waals surface area contributed by atoms with Crippen LogP contribution < -0.4 is 11.1 Å². The van der Waals surface area contributed by atoms with Gasteiger partial charge in [0.1, 0.15) is 0 Å². The van der Waals surface area contributed by atoms with Gasteiger partial charge < -0.3 is 11.1 Å². The molecule has 110 valence electrons. The maximum absolute atomic E-state index is 11.5. The minimum Gasteiger partial charge on any atom is -0.325 e. The maximum Gasteiger partial charge on any atom is 0.240 e. The van der Waals surface area contributed by atoms with Gasteiger partial charge in [0.15, 0.2) is 0 Å². The molecule has 0 aliphatic heterocycles. The van der Waals surface area contributed by atoms with Gasteiger partial charge in [0.2, 0.25) is 5.91 Å². The fraction of sp³-hybridized carbons (Fsp3) is 0.235. The molecule has 3 N–H and O–H groups in total. The standard InChI is InChI=1S/C17H20N2OS/c1-11-8-12(2)10-16(9-11)21-15-6-4-14(5-7-15)19-17(20)13(3)18/h4-10,13H,18H2,1-3H3,(H,19,20). The molecule has 21 heavy (non-hydrogen) atoms. The molecular weight excluding hydrogens is 280 g/mol. The molecule has 2 rings (SSSR count). The highest BCUT2D eigenvalue weighted by Crippen LogP contribution is 2.29. The molecule has 0 spiro atoms. The summed E-state index contributed by atoms with van der Waals surface area (Å²) in [5, 5.41) is 2.78. The van der Waals surface area contributed by atoms with Gasteiger partial charge in [0.25, 0.3) is 0 Å². The van der Waals surface area contributed by atoms with Gasteiger partial charge in [0, 0.05) is 15.5 Å². The van der Waals surface area contributed by atoms with Crippen LogP contribution in [0.3, 0.4) is 0 Å². The summed E-state index contributed by atoms with van der Waals surface area (Å²) < 4.78 is 0. The predicted octanol–water partition coefficient (Wildman–Crippen LogP) is 3.74. The molecule has 0 saturated carbocycles. The Labute approximate surface area is 129 Å². The Morgan fingerprint density at radius 3 is 2.14 bits per heavy atom. The third-order valence-corrected chi connectivity index (χ3v) is 3.95. The number of benzene rings is 2. The average Bonchev–Trinajstić information content (AvgIpc) is 2.39. The number of hydrogen-bond acceptors (Lipinski definition) is 3. The van der Waals surface area contributed by atoms with Crippen LogP contribution in [-0.2, 0) is 4.79 Å². The summed E-state index contributed by atoms with van der Waals surface area (Å²) in [4.78, 5) is 13.9. The fourth-order valence-corrected chi connectivity index (χ4v) is 3.02. The van der Waals surface area contributed by atoms with E-state index >= 15 is 0 Å². The van der Waals surface area contributed by atoms with E-state index in [1.54, 1.807) is 18.7 Å². The zero-order valence-electron chi connectivity index (χ0n) is 12.5. The first kappa shape index (κ1) is 15.6. The van der Waals surface area contributed by atoms with Crippen molar-refractivity contribution in [1.29, 1.82) is 0 Å². The van der Waals surface area contributed by atoms with E-state index in [4.69, 9.17) is 5.73 Å². The number of anilines is 1. The Kier molecular flexibility index (Phi) is 5.04. The summed E-state index contributed by atoms with van der Waals surface area (Å²) in [5.74, 6) is -0.176. The first-order valence-electron chi connectivity index (χ1n) is 6.87. The highest BCUT2D eigenvalue weighted by atomic mass is 32.2. The van der Waals surface area contributed by atoms with Crippen LogP contribution in [0.1, 0.15) is 18.1 Å². The Balaban J connectivity index is 2.07. The Hall–Kier alpha value is -1.78. The molecule has 1 atom stereocenters. The van der Waals surface area contributed by atoms with Crippen LogP contribution in [0.15, 0.2) is 52.3 Å². The lowest BCUT2D eigenvalue weighted by atomic mass is 10.2. The van der Waals surface area contributed by atoms with Gasteiger partial charge in [-0.1, -0.05) is 17.8 Å². The molecule has 0 fully saturated rings.